The van der Waals surface area contributed by atoms with Gasteiger partial charge in [0.25, 0.3) is 0 Å². The van der Waals surface area contributed by atoms with Gasteiger partial charge in [0, 0.05) is 0 Å². The van der Waals surface area contributed by atoms with Crippen LogP contribution < -0.4 is 0 Å². The van der Waals surface area contributed by atoms with E-state index in [0.717, 1.165) is 0 Å². The molecule has 1 aromatic carbocycles. The summed E-state index contributed by atoms with van der Waals surface area (Å²) in [6.45, 7) is 2.00. The van der Waals surface area contributed by atoms with E-state index in [2.05, 4.69) is 0 Å². The molecule has 0 aliphatic heterocycles. The Bertz CT molecular complexity index is 360. The topological polar surface area (TPSA) is 37.3 Å². The van der Waals surface area contributed by atoms with Crippen LogP contribution in [-0.2, 0) is 0 Å². The second-order valence-corrected chi connectivity index (χ2v) is 2.83. The van der Waals surface area contributed by atoms with Gasteiger partial charge in [-0.1, -0.05) is 18.2 Å². The standard InChI is InChI=1S/C7H6O2.C5H5B/c8-7(9)6-4-2-1-3-5-6;1-2-4-6-5-3-1/h1-5H,(H,8,9);1-5H. The van der Waals surface area contributed by atoms with Crippen LogP contribution in [0.15, 0.2) is 60.5 Å². The molecule has 0 aliphatic carbocycles. The molecule has 0 atom stereocenters. The van der Waals surface area contributed by atoms with Crippen LogP contribution in [0.5, 0.6) is 0 Å². The van der Waals surface area contributed by atoms with Gasteiger partial charge in [-0.15, -0.1) is 0 Å². The number of hydrogen-bond acceptors (Lipinski definition) is 1. The van der Waals surface area contributed by atoms with E-state index < -0.39 is 5.97 Å². The van der Waals surface area contributed by atoms with Gasteiger partial charge in [0.1, 0.15) is 0 Å². The van der Waals surface area contributed by atoms with Crippen molar-refractivity contribution in [2.45, 2.75) is 0 Å². The van der Waals surface area contributed by atoms with Crippen molar-refractivity contribution in [3.63, 3.8) is 0 Å². The monoisotopic (exact) mass is 198 g/mol. The average molecular weight is 198 g/mol. The quantitative estimate of drug-likeness (QED) is 0.763. The van der Waals surface area contributed by atoms with E-state index >= 15 is 0 Å². The van der Waals surface area contributed by atoms with Gasteiger partial charge in [0.15, 0.2) is 0 Å². The van der Waals surface area contributed by atoms with Crippen LogP contribution in [0, 0.1) is 0 Å². The van der Waals surface area contributed by atoms with Crippen LogP contribution in [0.1, 0.15) is 10.4 Å². The molecule has 74 valence electrons. The molecule has 0 amide bonds. The Balaban J connectivity index is 0.000000162. The van der Waals surface area contributed by atoms with Gasteiger partial charge < -0.3 is 5.11 Å². The summed E-state index contributed by atoms with van der Waals surface area (Å²) in [6, 6.07) is 14.3. The zero-order valence-electron chi connectivity index (χ0n) is 8.21. The Morgan fingerprint density at radius 1 is 0.933 bits per heavy atom. The molecular weight excluding hydrogens is 187 g/mol. The minimum absolute atomic E-state index is 0.331. The first kappa shape index (κ1) is 11.2. The summed E-state index contributed by atoms with van der Waals surface area (Å²) in [6.07, 6.45) is 0. The number of hydrogen-bond donors (Lipinski definition) is 1. The Morgan fingerprint density at radius 3 is 1.73 bits per heavy atom. The predicted molar refractivity (Wildman–Crippen MR) is 61.2 cm³/mol. The minimum atomic E-state index is -0.879. The summed E-state index contributed by atoms with van der Waals surface area (Å²) >= 11 is 0. The molecule has 0 spiro atoms. The van der Waals surface area contributed by atoms with E-state index in [1.165, 1.54) is 0 Å². The van der Waals surface area contributed by atoms with Crippen LogP contribution in [0.4, 0.5) is 0 Å². The molecule has 2 nitrogen and oxygen atoms in total. The predicted octanol–water partition coefficient (Wildman–Crippen LogP) is 2.41. The first-order valence-corrected chi connectivity index (χ1v) is 4.59. The maximum atomic E-state index is 10.2. The van der Waals surface area contributed by atoms with Gasteiger partial charge >= 0.3 is 43.0 Å². The zero-order valence-corrected chi connectivity index (χ0v) is 8.21. The number of carboxylic acid groups (broad SMARTS) is 1. The van der Waals surface area contributed by atoms with Crippen molar-refractivity contribution in [3.05, 3.63) is 66.0 Å². The fraction of sp³-hybridized carbons (Fsp3) is 0. The van der Waals surface area contributed by atoms with E-state index in [9.17, 15) is 4.79 Å². The third kappa shape index (κ3) is 4.77. The third-order valence-electron chi connectivity index (χ3n) is 1.69. The number of aromatic carboxylic acids is 1. The normalized spacial score (nSPS) is 8.27. The number of carbonyl (C=O) groups is 1. The van der Waals surface area contributed by atoms with E-state index in [1.807, 2.05) is 37.0 Å². The van der Waals surface area contributed by atoms with Crippen molar-refractivity contribution < 1.29 is 9.90 Å². The Morgan fingerprint density at radius 2 is 1.47 bits per heavy atom. The third-order valence-corrected chi connectivity index (χ3v) is 1.69. The first-order chi connectivity index (χ1) is 7.30. The van der Waals surface area contributed by atoms with Gasteiger partial charge in [-0.25, -0.2) is 4.79 Å². The molecule has 1 heterocycles. The first-order valence-electron chi connectivity index (χ1n) is 4.59. The van der Waals surface area contributed by atoms with Crippen molar-refractivity contribution in [2.75, 3.05) is 0 Å². The van der Waals surface area contributed by atoms with E-state index in [0.29, 0.717) is 5.56 Å². The van der Waals surface area contributed by atoms with Crippen LogP contribution in [0.3, 0.4) is 0 Å². The SMILES string of the molecule is O=C(O)c1ccccc1.b1ccccc1. The molecule has 1 aromatic heterocycles. The molecule has 0 saturated heterocycles. The molecule has 0 unspecified atom stereocenters. The van der Waals surface area contributed by atoms with Gasteiger partial charge in [-0.3, -0.25) is 0 Å². The molecule has 2 rings (SSSR count). The molecule has 0 bridgehead atoms. The summed E-state index contributed by atoms with van der Waals surface area (Å²) in [5, 5.41) is 8.38. The summed E-state index contributed by atoms with van der Waals surface area (Å²) in [5.74, 6) is 3.12. The van der Waals surface area contributed by atoms with Crippen molar-refractivity contribution in [2.24, 2.45) is 0 Å². The number of carboxylic acids is 1. The van der Waals surface area contributed by atoms with E-state index in [1.54, 1.807) is 30.3 Å². The van der Waals surface area contributed by atoms with Gasteiger partial charge in [-0.05, 0) is 12.1 Å². The van der Waals surface area contributed by atoms with Crippen molar-refractivity contribution in [1.29, 1.82) is 0 Å². The summed E-state index contributed by atoms with van der Waals surface area (Å²) in [4.78, 5) is 10.2. The van der Waals surface area contributed by atoms with Crippen LogP contribution in [0.2, 0.25) is 0 Å². The molecule has 0 saturated carbocycles. The summed E-state index contributed by atoms with van der Waals surface area (Å²) in [7, 11) is 0. The second-order valence-electron chi connectivity index (χ2n) is 2.83. The van der Waals surface area contributed by atoms with E-state index in [4.69, 9.17) is 5.11 Å². The van der Waals surface area contributed by atoms with Gasteiger partial charge in [-0.2, -0.15) is 0 Å². The fourth-order valence-electron chi connectivity index (χ4n) is 0.966. The van der Waals surface area contributed by atoms with Crippen molar-refractivity contribution >= 4 is 12.9 Å². The molecule has 15 heavy (non-hydrogen) atoms. The van der Waals surface area contributed by atoms with Crippen LogP contribution >= 0.6 is 0 Å². The second kappa shape index (κ2) is 6.54. The zero-order chi connectivity index (χ0) is 10.9. The molecule has 0 fully saturated rings. The molecule has 0 radical (unpaired) electrons. The Hall–Kier alpha value is -1.90. The Labute approximate surface area is 89.4 Å². The molecule has 0 aliphatic rings. The van der Waals surface area contributed by atoms with E-state index in [-0.39, 0.29) is 0 Å². The van der Waals surface area contributed by atoms with Gasteiger partial charge in [0.05, 0.1) is 5.56 Å². The average Bonchev–Trinajstić information content (AvgIpc) is 2.33. The molecule has 2 aromatic rings. The van der Waals surface area contributed by atoms with Gasteiger partial charge in [0.2, 0.25) is 0 Å². The molecular formula is C12H11BO2. The van der Waals surface area contributed by atoms with Crippen LogP contribution in [0.25, 0.3) is 0 Å². The van der Waals surface area contributed by atoms with Crippen molar-refractivity contribution in [1.82, 2.24) is 0 Å². The number of benzene rings is 1. The van der Waals surface area contributed by atoms with Crippen LogP contribution in [-0.4, -0.2) is 18.0 Å². The molecule has 1 N–H and O–H groups in total. The number of rotatable bonds is 1. The summed E-state index contributed by atoms with van der Waals surface area (Å²) in [5.41, 5.74) is 0.331. The summed E-state index contributed by atoms with van der Waals surface area (Å²) < 4.78 is 0. The molecule has 3 heteroatoms. The fourth-order valence-corrected chi connectivity index (χ4v) is 0.966. The maximum absolute atomic E-state index is 10.2. The van der Waals surface area contributed by atoms with Crippen molar-refractivity contribution in [3.8, 4) is 0 Å². The Kier molecular flexibility index (Phi) is 4.88.